The van der Waals surface area contributed by atoms with Crippen molar-refractivity contribution in [1.29, 1.82) is 0 Å². The van der Waals surface area contributed by atoms with E-state index < -0.39 is 10.1 Å². The first-order chi connectivity index (χ1) is 14.4. The molecular formula is C25H28O4S. The first-order valence-corrected chi connectivity index (χ1v) is 11.7. The second kappa shape index (κ2) is 10.4. The Bertz CT molecular complexity index is 1060. The molecule has 0 spiro atoms. The largest absolute Gasteiger partial charge is 0.493 e. The van der Waals surface area contributed by atoms with Crippen LogP contribution in [-0.2, 0) is 29.4 Å². The molecule has 1 N–H and O–H groups in total. The maximum Gasteiger partial charge on any atom is 0.294 e. The summed E-state index contributed by atoms with van der Waals surface area (Å²) in [6.45, 7) is 2.61. The molecule has 0 aromatic heterocycles. The van der Waals surface area contributed by atoms with Gasteiger partial charge in [0.05, 0.1) is 11.5 Å². The molecule has 0 amide bonds. The van der Waals surface area contributed by atoms with E-state index in [0.29, 0.717) is 13.0 Å². The smallest absolute Gasteiger partial charge is 0.294 e. The van der Waals surface area contributed by atoms with Gasteiger partial charge in [-0.25, -0.2) is 0 Å². The molecule has 0 aliphatic rings. The third kappa shape index (κ3) is 6.44. The van der Waals surface area contributed by atoms with Gasteiger partial charge in [-0.05, 0) is 79.5 Å². The summed E-state index contributed by atoms with van der Waals surface area (Å²) in [4.78, 5) is -0.0638. The van der Waals surface area contributed by atoms with Crippen molar-refractivity contribution in [3.8, 4) is 5.75 Å². The molecule has 0 aliphatic heterocycles. The van der Waals surface area contributed by atoms with Crippen LogP contribution in [0.4, 0.5) is 0 Å². The summed E-state index contributed by atoms with van der Waals surface area (Å²) in [5.74, 6) is 0.876. The van der Waals surface area contributed by atoms with Crippen molar-refractivity contribution in [2.75, 3.05) is 6.61 Å². The summed E-state index contributed by atoms with van der Waals surface area (Å²) >= 11 is 0. The van der Waals surface area contributed by atoms with E-state index in [0.717, 1.165) is 48.1 Å². The summed E-state index contributed by atoms with van der Waals surface area (Å²) in [5.41, 5.74) is 4.35. The van der Waals surface area contributed by atoms with E-state index >= 15 is 0 Å². The van der Waals surface area contributed by atoms with Crippen LogP contribution in [0, 0.1) is 6.92 Å². The monoisotopic (exact) mass is 424 g/mol. The predicted molar refractivity (Wildman–Crippen MR) is 120 cm³/mol. The van der Waals surface area contributed by atoms with Gasteiger partial charge in [-0.2, -0.15) is 8.42 Å². The van der Waals surface area contributed by atoms with Crippen LogP contribution in [0.5, 0.6) is 5.75 Å². The topological polar surface area (TPSA) is 63.6 Å². The molecular weight excluding hydrogens is 396 g/mol. The molecule has 5 heteroatoms. The average molecular weight is 425 g/mol. The fourth-order valence-corrected chi connectivity index (χ4v) is 3.99. The number of hydrogen-bond acceptors (Lipinski definition) is 3. The fraction of sp³-hybridized carbons (Fsp3) is 0.280. The molecule has 3 aromatic carbocycles. The van der Waals surface area contributed by atoms with Crippen molar-refractivity contribution in [2.24, 2.45) is 0 Å². The van der Waals surface area contributed by atoms with Crippen LogP contribution >= 0.6 is 0 Å². The van der Waals surface area contributed by atoms with Crippen LogP contribution in [0.1, 0.15) is 35.1 Å². The molecule has 158 valence electrons. The SMILES string of the molecule is Cc1ccc(S(=O)(=O)O)cc1CCc1ccccc1OCCCCc1ccccc1. The molecule has 0 radical (unpaired) electrons. The van der Waals surface area contributed by atoms with Crippen molar-refractivity contribution in [2.45, 2.75) is 43.9 Å². The zero-order valence-electron chi connectivity index (χ0n) is 17.3. The van der Waals surface area contributed by atoms with Gasteiger partial charge < -0.3 is 4.74 Å². The van der Waals surface area contributed by atoms with Crippen LogP contribution in [0.2, 0.25) is 0 Å². The molecule has 0 atom stereocenters. The predicted octanol–water partition coefficient (Wildman–Crippen LogP) is 5.43. The van der Waals surface area contributed by atoms with E-state index in [1.165, 1.54) is 11.6 Å². The summed E-state index contributed by atoms with van der Waals surface area (Å²) < 4.78 is 38.2. The van der Waals surface area contributed by atoms with Gasteiger partial charge in [-0.15, -0.1) is 0 Å². The normalized spacial score (nSPS) is 11.4. The molecule has 4 nitrogen and oxygen atoms in total. The Morgan fingerprint density at radius 3 is 2.27 bits per heavy atom. The second-order valence-electron chi connectivity index (χ2n) is 7.46. The highest BCUT2D eigenvalue weighted by Gasteiger charge is 2.12. The molecule has 0 bridgehead atoms. The Labute approximate surface area is 179 Å². The highest BCUT2D eigenvalue weighted by molar-refractivity contribution is 7.85. The van der Waals surface area contributed by atoms with E-state index in [1.807, 2.05) is 37.3 Å². The highest BCUT2D eigenvalue weighted by atomic mass is 32.2. The average Bonchev–Trinajstić information content (AvgIpc) is 2.73. The lowest BCUT2D eigenvalue weighted by Crippen LogP contribution is -2.04. The van der Waals surface area contributed by atoms with Crippen molar-refractivity contribution in [1.82, 2.24) is 0 Å². The van der Waals surface area contributed by atoms with Crippen LogP contribution in [0.3, 0.4) is 0 Å². The first-order valence-electron chi connectivity index (χ1n) is 10.2. The Morgan fingerprint density at radius 2 is 1.50 bits per heavy atom. The summed E-state index contributed by atoms with van der Waals surface area (Å²) in [5, 5.41) is 0. The molecule has 3 aromatic rings. The van der Waals surface area contributed by atoms with E-state index in [1.54, 1.807) is 12.1 Å². The number of benzene rings is 3. The van der Waals surface area contributed by atoms with Gasteiger partial charge in [0, 0.05) is 0 Å². The molecule has 3 rings (SSSR count). The Morgan fingerprint density at radius 1 is 0.800 bits per heavy atom. The Balaban J connectivity index is 1.55. The molecule has 30 heavy (non-hydrogen) atoms. The Hall–Kier alpha value is -2.63. The number of para-hydroxylation sites is 1. The van der Waals surface area contributed by atoms with Gasteiger partial charge in [0.15, 0.2) is 0 Å². The summed E-state index contributed by atoms with van der Waals surface area (Å²) in [6.07, 6.45) is 4.52. The Kier molecular flexibility index (Phi) is 7.66. The maximum atomic E-state index is 11.4. The van der Waals surface area contributed by atoms with Crippen molar-refractivity contribution >= 4 is 10.1 Å². The molecule has 0 saturated heterocycles. The van der Waals surface area contributed by atoms with Gasteiger partial charge in [0.25, 0.3) is 10.1 Å². The molecule has 0 fully saturated rings. The van der Waals surface area contributed by atoms with Crippen molar-refractivity contribution < 1.29 is 17.7 Å². The van der Waals surface area contributed by atoms with Gasteiger partial charge in [0.2, 0.25) is 0 Å². The van der Waals surface area contributed by atoms with Crippen LogP contribution in [0.15, 0.2) is 77.7 Å². The summed E-state index contributed by atoms with van der Waals surface area (Å²) in [7, 11) is -4.20. The highest BCUT2D eigenvalue weighted by Crippen LogP contribution is 2.23. The van der Waals surface area contributed by atoms with Gasteiger partial charge in [-0.1, -0.05) is 54.6 Å². The van der Waals surface area contributed by atoms with Crippen molar-refractivity contribution in [3.63, 3.8) is 0 Å². The minimum absolute atomic E-state index is 0.0638. The number of unbranched alkanes of at least 4 members (excludes halogenated alkanes) is 1. The van der Waals surface area contributed by atoms with Gasteiger partial charge in [-0.3, -0.25) is 4.55 Å². The van der Waals surface area contributed by atoms with Crippen LogP contribution < -0.4 is 4.74 Å². The molecule has 0 aliphatic carbocycles. The minimum Gasteiger partial charge on any atom is -0.493 e. The standard InChI is InChI=1S/C25H28O4S/c1-20-14-17-24(30(26,27)28)19-23(20)16-15-22-12-5-6-13-25(22)29-18-8-7-11-21-9-3-2-4-10-21/h2-6,9-10,12-14,17,19H,7-8,11,15-16,18H2,1H3,(H,26,27,28). The minimum atomic E-state index is -4.20. The zero-order valence-corrected chi connectivity index (χ0v) is 18.1. The lowest BCUT2D eigenvalue weighted by atomic mass is 10.00. The molecule has 0 saturated carbocycles. The van der Waals surface area contributed by atoms with E-state index in [9.17, 15) is 13.0 Å². The maximum absolute atomic E-state index is 11.4. The van der Waals surface area contributed by atoms with Gasteiger partial charge >= 0.3 is 0 Å². The van der Waals surface area contributed by atoms with E-state index in [2.05, 4.69) is 24.3 Å². The number of aryl methyl sites for hydroxylation is 4. The molecule has 0 heterocycles. The lowest BCUT2D eigenvalue weighted by Gasteiger charge is -2.13. The molecule has 0 unspecified atom stereocenters. The van der Waals surface area contributed by atoms with Gasteiger partial charge in [0.1, 0.15) is 5.75 Å². The number of hydrogen-bond donors (Lipinski definition) is 1. The van der Waals surface area contributed by atoms with Crippen LogP contribution in [-0.4, -0.2) is 19.6 Å². The lowest BCUT2D eigenvalue weighted by molar-refractivity contribution is 0.304. The van der Waals surface area contributed by atoms with E-state index in [-0.39, 0.29) is 4.90 Å². The quantitative estimate of drug-likeness (QED) is 0.348. The van der Waals surface area contributed by atoms with Crippen LogP contribution in [0.25, 0.3) is 0 Å². The second-order valence-corrected chi connectivity index (χ2v) is 8.88. The summed E-state index contributed by atoms with van der Waals surface area (Å²) in [6, 6.07) is 23.1. The first kappa shape index (κ1) is 22.1. The third-order valence-electron chi connectivity index (χ3n) is 5.21. The number of rotatable bonds is 10. The number of ether oxygens (including phenoxy) is 1. The van der Waals surface area contributed by atoms with E-state index in [4.69, 9.17) is 4.74 Å². The fourth-order valence-electron chi connectivity index (χ4n) is 3.46. The third-order valence-corrected chi connectivity index (χ3v) is 6.06. The van der Waals surface area contributed by atoms with Crippen molar-refractivity contribution in [3.05, 3.63) is 95.1 Å². The zero-order chi connectivity index (χ0) is 21.4.